The number of piperazine rings is 1. The number of carbonyl (C=O) groups is 2. The molecule has 0 aromatic heterocycles. The smallest absolute Gasteiger partial charge is 0.247 e. The van der Waals surface area contributed by atoms with Crippen LogP contribution in [0.15, 0.2) is 24.3 Å². The van der Waals surface area contributed by atoms with E-state index in [9.17, 15) is 18.0 Å². The molecule has 9 heteroatoms. The fourth-order valence-corrected chi connectivity index (χ4v) is 5.20. The number of benzene rings is 1. The van der Waals surface area contributed by atoms with E-state index in [1.807, 2.05) is 12.1 Å². The Morgan fingerprint density at radius 3 is 2.32 bits per heavy atom. The molecule has 8 nitrogen and oxygen atoms in total. The van der Waals surface area contributed by atoms with E-state index in [0.717, 1.165) is 54.6 Å². The van der Waals surface area contributed by atoms with Crippen molar-refractivity contribution in [3.8, 4) is 5.75 Å². The van der Waals surface area contributed by atoms with Crippen molar-refractivity contribution in [1.29, 1.82) is 0 Å². The Balaban J connectivity index is 1.87. The van der Waals surface area contributed by atoms with Crippen molar-refractivity contribution < 1.29 is 22.7 Å². The van der Waals surface area contributed by atoms with Crippen LogP contribution in [0, 0.1) is 0 Å². The van der Waals surface area contributed by atoms with Crippen molar-refractivity contribution in [2.24, 2.45) is 0 Å². The van der Waals surface area contributed by atoms with Crippen LogP contribution in [0.5, 0.6) is 5.75 Å². The summed E-state index contributed by atoms with van der Waals surface area (Å²) in [6, 6.07) is 7.35. The lowest BCUT2D eigenvalue weighted by Gasteiger charge is -2.47. The molecule has 2 amide bonds. The largest absolute Gasteiger partial charge is 0.497 e. The molecule has 0 bridgehead atoms. The molecule has 1 aliphatic carbocycles. The van der Waals surface area contributed by atoms with E-state index in [1.165, 1.54) is 4.90 Å². The molecule has 1 aromatic carbocycles. The van der Waals surface area contributed by atoms with Crippen LogP contribution in [0.25, 0.3) is 0 Å². The van der Waals surface area contributed by atoms with Gasteiger partial charge in [0, 0.05) is 19.1 Å². The Kier molecular flexibility index (Phi) is 7.26. The molecule has 0 radical (unpaired) electrons. The average molecular weight is 452 g/mol. The van der Waals surface area contributed by atoms with Crippen molar-refractivity contribution in [3.63, 3.8) is 0 Å². The average Bonchev–Trinajstić information content (AvgIpc) is 2.99. The minimum atomic E-state index is -3.62. The number of hydrogen-bond donors (Lipinski definition) is 1. The Bertz CT molecular complexity index is 894. The second kappa shape index (κ2) is 9.56. The van der Waals surface area contributed by atoms with Crippen LogP contribution in [0.4, 0.5) is 0 Å². The fraction of sp³-hybridized carbons (Fsp3) is 0.636. The summed E-state index contributed by atoms with van der Waals surface area (Å²) in [5.41, 5.74) is -0.458. The van der Waals surface area contributed by atoms with Crippen LogP contribution in [-0.2, 0) is 26.2 Å². The predicted molar refractivity (Wildman–Crippen MR) is 118 cm³/mol. The second-order valence-corrected chi connectivity index (χ2v) is 10.8. The highest BCUT2D eigenvalue weighted by Gasteiger charge is 2.49. The molecule has 3 rings (SSSR count). The van der Waals surface area contributed by atoms with Crippen LogP contribution < -0.4 is 10.1 Å². The minimum Gasteiger partial charge on any atom is -0.497 e. The first-order valence-electron chi connectivity index (χ1n) is 10.8. The van der Waals surface area contributed by atoms with Crippen molar-refractivity contribution in [2.45, 2.75) is 63.6 Å². The van der Waals surface area contributed by atoms with Gasteiger partial charge in [0.15, 0.2) is 0 Å². The van der Waals surface area contributed by atoms with Crippen molar-refractivity contribution in [3.05, 3.63) is 29.8 Å². The summed E-state index contributed by atoms with van der Waals surface area (Å²) in [4.78, 5) is 28.1. The van der Waals surface area contributed by atoms with Gasteiger partial charge in [-0.25, -0.2) is 8.42 Å². The van der Waals surface area contributed by atoms with Crippen LogP contribution >= 0.6 is 0 Å². The summed E-state index contributed by atoms with van der Waals surface area (Å²) in [6.45, 7) is 1.56. The summed E-state index contributed by atoms with van der Waals surface area (Å²) in [5, 5.41) is 3.12. The van der Waals surface area contributed by atoms with Crippen LogP contribution in [0.2, 0.25) is 0 Å². The Morgan fingerprint density at radius 2 is 1.77 bits per heavy atom. The zero-order chi connectivity index (χ0) is 22.6. The van der Waals surface area contributed by atoms with Gasteiger partial charge in [-0.1, -0.05) is 37.8 Å². The van der Waals surface area contributed by atoms with E-state index in [2.05, 4.69) is 5.32 Å². The van der Waals surface area contributed by atoms with E-state index in [-0.39, 0.29) is 37.5 Å². The number of nitrogens with one attached hydrogen (secondary N) is 1. The SMILES string of the molecule is COc1ccc(CN2C(=O)CN(S(C)(=O)=O)C[C@@]2(C)C(=O)NC2CCCCCC2)cc1. The Morgan fingerprint density at radius 1 is 1.16 bits per heavy atom. The molecule has 1 aromatic rings. The standard InChI is InChI=1S/C22H33N3O5S/c1-22(21(27)23-18-8-6-4-5-7-9-18)16-24(31(3,28)29)15-20(26)25(22)14-17-10-12-19(30-2)13-11-17/h10-13,18H,4-9,14-16H2,1-3H3,(H,23,27)/t22-/m0/s1. The molecular formula is C22H33N3O5S. The van der Waals surface area contributed by atoms with Gasteiger partial charge in [-0.2, -0.15) is 4.31 Å². The summed E-state index contributed by atoms with van der Waals surface area (Å²) >= 11 is 0. The number of sulfonamides is 1. The maximum atomic E-state index is 13.5. The molecule has 1 saturated heterocycles. The second-order valence-electron chi connectivity index (χ2n) is 8.79. The predicted octanol–water partition coefficient (Wildman–Crippen LogP) is 1.90. The van der Waals surface area contributed by atoms with E-state index >= 15 is 0 Å². The van der Waals surface area contributed by atoms with Gasteiger partial charge in [-0.3, -0.25) is 9.59 Å². The minimum absolute atomic E-state index is 0.0540. The molecule has 1 N–H and O–H groups in total. The number of amides is 2. The van der Waals surface area contributed by atoms with Crippen LogP contribution in [-0.4, -0.2) is 67.5 Å². The molecule has 1 aliphatic heterocycles. The van der Waals surface area contributed by atoms with Crippen molar-refractivity contribution in [1.82, 2.24) is 14.5 Å². The summed E-state index contributed by atoms with van der Waals surface area (Å²) in [5.74, 6) is 0.0199. The van der Waals surface area contributed by atoms with E-state index in [4.69, 9.17) is 4.74 Å². The van der Waals surface area contributed by atoms with Gasteiger partial charge >= 0.3 is 0 Å². The van der Waals surface area contributed by atoms with E-state index < -0.39 is 15.6 Å². The molecule has 1 heterocycles. The number of hydrogen-bond acceptors (Lipinski definition) is 5. The maximum absolute atomic E-state index is 13.5. The van der Waals surface area contributed by atoms with E-state index in [0.29, 0.717) is 5.75 Å². The monoisotopic (exact) mass is 451 g/mol. The first kappa shape index (κ1) is 23.5. The van der Waals surface area contributed by atoms with Gasteiger partial charge in [0.25, 0.3) is 0 Å². The zero-order valence-corrected chi connectivity index (χ0v) is 19.4. The molecule has 1 saturated carbocycles. The highest BCUT2D eigenvalue weighted by molar-refractivity contribution is 7.88. The fourth-order valence-electron chi connectivity index (χ4n) is 4.37. The van der Waals surface area contributed by atoms with Gasteiger partial charge < -0.3 is 15.0 Å². The highest BCUT2D eigenvalue weighted by Crippen LogP contribution is 2.28. The normalized spacial score (nSPS) is 24.0. The lowest BCUT2D eigenvalue weighted by molar-refractivity contribution is -0.154. The highest BCUT2D eigenvalue weighted by atomic mass is 32.2. The first-order valence-corrected chi connectivity index (χ1v) is 12.7. The molecule has 2 aliphatic rings. The first-order chi connectivity index (χ1) is 14.6. The van der Waals surface area contributed by atoms with Gasteiger partial charge in [-0.05, 0) is 37.5 Å². The maximum Gasteiger partial charge on any atom is 0.247 e. The number of methoxy groups -OCH3 is 1. The molecule has 172 valence electrons. The van der Waals surface area contributed by atoms with Crippen molar-refractivity contribution >= 4 is 21.8 Å². The molecular weight excluding hydrogens is 418 g/mol. The van der Waals surface area contributed by atoms with Gasteiger partial charge in [0.1, 0.15) is 11.3 Å². The Hall–Kier alpha value is -2.13. The Labute approximate surface area is 185 Å². The van der Waals surface area contributed by atoms with E-state index in [1.54, 1.807) is 26.2 Å². The third-order valence-corrected chi connectivity index (χ3v) is 7.54. The number of rotatable bonds is 6. The summed E-state index contributed by atoms with van der Waals surface area (Å²) in [7, 11) is -2.04. The third-order valence-electron chi connectivity index (χ3n) is 6.34. The number of ether oxygens (including phenoxy) is 1. The van der Waals surface area contributed by atoms with Gasteiger partial charge in [-0.15, -0.1) is 0 Å². The van der Waals surface area contributed by atoms with Crippen molar-refractivity contribution in [2.75, 3.05) is 26.5 Å². The van der Waals surface area contributed by atoms with Gasteiger partial charge in [0.2, 0.25) is 21.8 Å². The lowest BCUT2D eigenvalue weighted by atomic mass is 9.93. The topological polar surface area (TPSA) is 96.0 Å². The number of carbonyl (C=O) groups excluding carboxylic acids is 2. The lowest BCUT2D eigenvalue weighted by Crippen LogP contribution is -2.69. The van der Waals surface area contributed by atoms with Gasteiger partial charge in [0.05, 0.1) is 19.9 Å². The summed E-state index contributed by atoms with van der Waals surface area (Å²) < 4.78 is 30.7. The van der Waals surface area contributed by atoms with Crippen LogP contribution in [0.1, 0.15) is 51.0 Å². The quantitative estimate of drug-likeness (QED) is 0.667. The molecule has 2 fully saturated rings. The summed E-state index contributed by atoms with van der Waals surface area (Å²) in [6.07, 6.45) is 7.33. The molecule has 0 unspecified atom stereocenters. The molecule has 31 heavy (non-hydrogen) atoms. The third kappa shape index (κ3) is 5.57. The molecule has 0 spiro atoms. The zero-order valence-electron chi connectivity index (χ0n) is 18.6. The van der Waals surface area contributed by atoms with Crippen LogP contribution in [0.3, 0.4) is 0 Å². The number of nitrogens with zero attached hydrogens (tertiary/aromatic N) is 2. The molecule has 1 atom stereocenters.